The molecule has 0 aliphatic rings. The number of nitrogen functional groups attached to an aromatic ring is 1. The zero-order valence-electron chi connectivity index (χ0n) is 7.18. The average molecular weight is 210 g/mol. The third kappa shape index (κ3) is 1.40. The van der Waals surface area contributed by atoms with Crippen LogP contribution >= 0.6 is 11.6 Å². The van der Waals surface area contributed by atoms with Crippen LogP contribution in [0.2, 0.25) is 5.02 Å². The molecule has 0 spiro atoms. The highest BCUT2D eigenvalue weighted by atomic mass is 35.5. The number of aromatic nitrogens is 2. The predicted molar refractivity (Wildman–Crippen MR) is 54.7 cm³/mol. The number of para-hydroxylation sites is 1. The maximum atomic E-state index is 9.37. The van der Waals surface area contributed by atoms with Gasteiger partial charge in [-0.3, -0.25) is 0 Å². The van der Waals surface area contributed by atoms with Gasteiger partial charge in [-0.15, -0.1) is 0 Å². The number of hydrogen-bond acceptors (Lipinski definition) is 3. The molecule has 2 aromatic rings. The normalized spacial score (nSPS) is 10.4. The molecule has 0 atom stereocenters. The average Bonchev–Trinajstić information content (AvgIpc) is 2.57. The number of hydrogen-bond donors (Lipinski definition) is 2. The summed E-state index contributed by atoms with van der Waals surface area (Å²) in [5.41, 5.74) is 6.56. The van der Waals surface area contributed by atoms with Crippen LogP contribution in [0.25, 0.3) is 5.69 Å². The van der Waals surface area contributed by atoms with E-state index in [0.29, 0.717) is 10.7 Å². The SMILES string of the molecule is Nc1c(O)cccc1-n1cc(Cl)cn1. The lowest BCUT2D eigenvalue weighted by Crippen LogP contribution is -1.99. The molecule has 0 saturated heterocycles. The van der Waals surface area contributed by atoms with E-state index in [2.05, 4.69) is 5.10 Å². The highest BCUT2D eigenvalue weighted by Gasteiger charge is 2.06. The van der Waals surface area contributed by atoms with Gasteiger partial charge in [0.25, 0.3) is 0 Å². The van der Waals surface area contributed by atoms with Crippen molar-refractivity contribution in [1.29, 1.82) is 0 Å². The molecule has 3 N–H and O–H groups in total. The number of aromatic hydroxyl groups is 1. The summed E-state index contributed by atoms with van der Waals surface area (Å²) < 4.78 is 1.51. The lowest BCUT2D eigenvalue weighted by molar-refractivity contribution is 0.477. The van der Waals surface area contributed by atoms with Crippen LogP contribution in [0.1, 0.15) is 0 Å². The summed E-state index contributed by atoms with van der Waals surface area (Å²) in [5, 5.41) is 13.9. The molecular formula is C9H8ClN3O. The van der Waals surface area contributed by atoms with E-state index in [0.717, 1.165) is 0 Å². The van der Waals surface area contributed by atoms with Gasteiger partial charge in [0.2, 0.25) is 0 Å². The monoisotopic (exact) mass is 209 g/mol. The van der Waals surface area contributed by atoms with E-state index in [4.69, 9.17) is 17.3 Å². The second-order valence-corrected chi connectivity index (χ2v) is 3.25. The maximum absolute atomic E-state index is 9.37. The van der Waals surface area contributed by atoms with Crippen LogP contribution < -0.4 is 5.73 Å². The van der Waals surface area contributed by atoms with E-state index in [-0.39, 0.29) is 11.4 Å². The molecule has 14 heavy (non-hydrogen) atoms. The number of phenols is 1. The van der Waals surface area contributed by atoms with Crippen molar-refractivity contribution >= 4 is 17.3 Å². The Kier molecular flexibility index (Phi) is 2.05. The van der Waals surface area contributed by atoms with Gasteiger partial charge in [-0.2, -0.15) is 5.10 Å². The van der Waals surface area contributed by atoms with Crippen molar-refractivity contribution in [2.75, 3.05) is 5.73 Å². The first-order valence-electron chi connectivity index (χ1n) is 3.96. The third-order valence-corrected chi connectivity index (χ3v) is 2.05. The fourth-order valence-corrected chi connectivity index (χ4v) is 1.31. The van der Waals surface area contributed by atoms with E-state index in [1.807, 2.05) is 0 Å². The Bertz CT molecular complexity index is 467. The molecule has 1 aromatic carbocycles. The standard InChI is InChI=1S/C9H8ClN3O/c10-6-4-12-13(5-6)7-2-1-3-8(14)9(7)11/h1-5,14H,11H2. The molecule has 0 amide bonds. The third-order valence-electron chi connectivity index (χ3n) is 1.86. The molecule has 1 heterocycles. The first-order valence-corrected chi connectivity index (χ1v) is 4.34. The predicted octanol–water partition coefficient (Wildman–Crippen LogP) is 1.81. The van der Waals surface area contributed by atoms with Crippen LogP contribution in [-0.4, -0.2) is 14.9 Å². The van der Waals surface area contributed by atoms with Crippen LogP contribution in [0.15, 0.2) is 30.6 Å². The number of rotatable bonds is 1. The molecule has 0 aliphatic heterocycles. The molecule has 4 nitrogen and oxygen atoms in total. The summed E-state index contributed by atoms with van der Waals surface area (Å²) in [6.45, 7) is 0. The van der Waals surface area contributed by atoms with E-state index in [9.17, 15) is 5.11 Å². The minimum absolute atomic E-state index is 0.0362. The molecule has 0 fully saturated rings. The Morgan fingerprint density at radius 2 is 2.21 bits per heavy atom. The summed E-state index contributed by atoms with van der Waals surface area (Å²) in [6, 6.07) is 4.96. The lowest BCUT2D eigenvalue weighted by atomic mass is 10.2. The minimum atomic E-state index is 0.0362. The largest absolute Gasteiger partial charge is 0.506 e. The summed E-state index contributed by atoms with van der Waals surface area (Å²) in [5.74, 6) is 0.0362. The zero-order chi connectivity index (χ0) is 10.1. The number of benzene rings is 1. The first-order chi connectivity index (χ1) is 6.68. The summed E-state index contributed by atoms with van der Waals surface area (Å²) >= 11 is 5.72. The summed E-state index contributed by atoms with van der Waals surface area (Å²) in [7, 11) is 0. The summed E-state index contributed by atoms with van der Waals surface area (Å²) in [6.07, 6.45) is 3.12. The van der Waals surface area contributed by atoms with Crippen LogP contribution in [0.5, 0.6) is 5.75 Å². The van der Waals surface area contributed by atoms with Gasteiger partial charge in [0.15, 0.2) is 0 Å². The number of nitrogens with zero attached hydrogens (tertiary/aromatic N) is 2. The molecule has 0 unspecified atom stereocenters. The minimum Gasteiger partial charge on any atom is -0.506 e. The zero-order valence-corrected chi connectivity index (χ0v) is 7.94. The molecular weight excluding hydrogens is 202 g/mol. The molecule has 1 aromatic heterocycles. The van der Waals surface area contributed by atoms with Gasteiger partial charge in [0.05, 0.1) is 16.9 Å². The molecule has 5 heteroatoms. The van der Waals surface area contributed by atoms with Crippen LogP contribution in [0, 0.1) is 0 Å². The Hall–Kier alpha value is -1.68. The van der Waals surface area contributed by atoms with Crippen molar-refractivity contribution in [2.24, 2.45) is 0 Å². The molecule has 0 aliphatic carbocycles. The number of phenolic OH excluding ortho intramolecular Hbond substituents is 1. The highest BCUT2D eigenvalue weighted by molar-refractivity contribution is 6.30. The quantitative estimate of drug-likeness (QED) is 0.556. The second kappa shape index (κ2) is 3.23. The molecule has 0 bridgehead atoms. The van der Waals surface area contributed by atoms with E-state index >= 15 is 0 Å². The van der Waals surface area contributed by atoms with Crippen LogP contribution in [-0.2, 0) is 0 Å². The Labute approximate surface area is 85.5 Å². The maximum Gasteiger partial charge on any atom is 0.140 e. The van der Waals surface area contributed by atoms with Crippen molar-refractivity contribution in [1.82, 2.24) is 9.78 Å². The highest BCUT2D eigenvalue weighted by Crippen LogP contribution is 2.26. The number of halogens is 1. The fourth-order valence-electron chi connectivity index (χ4n) is 1.17. The first kappa shape index (κ1) is 8.90. The van der Waals surface area contributed by atoms with Gasteiger partial charge >= 0.3 is 0 Å². The van der Waals surface area contributed by atoms with Crippen molar-refractivity contribution in [2.45, 2.75) is 0 Å². The number of nitrogens with two attached hydrogens (primary N) is 1. The summed E-state index contributed by atoms with van der Waals surface area (Å²) in [4.78, 5) is 0. The molecule has 72 valence electrons. The van der Waals surface area contributed by atoms with Crippen molar-refractivity contribution in [3.8, 4) is 11.4 Å². The lowest BCUT2D eigenvalue weighted by Gasteiger charge is -2.06. The van der Waals surface area contributed by atoms with Gasteiger partial charge in [-0.05, 0) is 12.1 Å². The smallest absolute Gasteiger partial charge is 0.140 e. The van der Waals surface area contributed by atoms with Crippen molar-refractivity contribution in [3.63, 3.8) is 0 Å². The van der Waals surface area contributed by atoms with Crippen molar-refractivity contribution < 1.29 is 5.11 Å². The number of anilines is 1. The van der Waals surface area contributed by atoms with Gasteiger partial charge < -0.3 is 10.8 Å². The van der Waals surface area contributed by atoms with Crippen molar-refractivity contribution in [3.05, 3.63) is 35.6 Å². The Morgan fingerprint density at radius 3 is 2.86 bits per heavy atom. The van der Waals surface area contributed by atoms with E-state index in [1.54, 1.807) is 18.3 Å². The van der Waals surface area contributed by atoms with Gasteiger partial charge in [-0.1, -0.05) is 17.7 Å². The van der Waals surface area contributed by atoms with Gasteiger partial charge in [0, 0.05) is 6.20 Å². The van der Waals surface area contributed by atoms with Crippen LogP contribution in [0.4, 0.5) is 5.69 Å². The second-order valence-electron chi connectivity index (χ2n) is 2.81. The Balaban J connectivity index is 2.57. The van der Waals surface area contributed by atoms with E-state index < -0.39 is 0 Å². The van der Waals surface area contributed by atoms with Crippen LogP contribution in [0.3, 0.4) is 0 Å². The van der Waals surface area contributed by atoms with E-state index in [1.165, 1.54) is 16.9 Å². The molecule has 0 saturated carbocycles. The Morgan fingerprint density at radius 1 is 1.43 bits per heavy atom. The molecule has 0 radical (unpaired) electrons. The fraction of sp³-hybridized carbons (Fsp3) is 0. The molecule has 2 rings (SSSR count). The topological polar surface area (TPSA) is 64.1 Å². The van der Waals surface area contributed by atoms with Gasteiger partial charge in [0.1, 0.15) is 11.4 Å². The van der Waals surface area contributed by atoms with Gasteiger partial charge in [-0.25, -0.2) is 4.68 Å².